The highest BCUT2D eigenvalue weighted by molar-refractivity contribution is 5.89. The highest BCUT2D eigenvalue weighted by Gasteiger charge is 2.29. The van der Waals surface area contributed by atoms with Gasteiger partial charge in [-0.05, 0) is 43.4 Å². The van der Waals surface area contributed by atoms with Crippen molar-refractivity contribution >= 4 is 11.9 Å². The van der Waals surface area contributed by atoms with Gasteiger partial charge in [-0.1, -0.05) is 48.0 Å². The summed E-state index contributed by atoms with van der Waals surface area (Å²) in [5.74, 6) is -0.843. The number of rotatable bonds is 5. The first-order valence-electron chi connectivity index (χ1n) is 8.73. The van der Waals surface area contributed by atoms with E-state index in [0.29, 0.717) is 12.8 Å². The maximum absolute atomic E-state index is 12.7. The van der Waals surface area contributed by atoms with Crippen molar-refractivity contribution in [1.82, 2.24) is 4.90 Å². The fourth-order valence-corrected chi connectivity index (χ4v) is 3.53. The van der Waals surface area contributed by atoms with Crippen LogP contribution in [-0.2, 0) is 11.2 Å². The van der Waals surface area contributed by atoms with Crippen molar-refractivity contribution in [1.29, 1.82) is 0 Å². The molecule has 4 heteroatoms. The number of hydrogen-bond acceptors (Lipinski definition) is 2. The van der Waals surface area contributed by atoms with Gasteiger partial charge in [-0.15, -0.1) is 0 Å². The quantitative estimate of drug-likeness (QED) is 0.897. The molecule has 25 heavy (non-hydrogen) atoms. The minimum atomic E-state index is -0.943. The van der Waals surface area contributed by atoms with Crippen LogP contribution in [0.25, 0.3) is 0 Å². The van der Waals surface area contributed by atoms with E-state index in [4.69, 9.17) is 0 Å². The molecule has 1 fully saturated rings. The summed E-state index contributed by atoms with van der Waals surface area (Å²) < 4.78 is 0. The summed E-state index contributed by atoms with van der Waals surface area (Å²) in [4.78, 5) is 26.0. The first-order chi connectivity index (χ1) is 12.1. The first-order valence-corrected chi connectivity index (χ1v) is 8.73. The molecule has 2 aromatic carbocycles. The number of hydrogen-bond donors (Lipinski definition) is 1. The van der Waals surface area contributed by atoms with Crippen LogP contribution in [0, 0.1) is 6.92 Å². The fourth-order valence-electron chi connectivity index (χ4n) is 3.53. The Kier molecular flexibility index (Phi) is 5.17. The van der Waals surface area contributed by atoms with Crippen molar-refractivity contribution in [3.05, 3.63) is 70.8 Å². The monoisotopic (exact) mass is 337 g/mol. The Morgan fingerprint density at radius 2 is 1.84 bits per heavy atom. The molecule has 1 aliphatic rings. The Labute approximate surface area is 148 Å². The molecule has 3 rings (SSSR count). The smallest absolute Gasteiger partial charge is 0.335 e. The van der Waals surface area contributed by atoms with Gasteiger partial charge in [0.15, 0.2) is 0 Å². The van der Waals surface area contributed by atoms with Gasteiger partial charge >= 0.3 is 5.97 Å². The van der Waals surface area contributed by atoms with Gasteiger partial charge in [-0.2, -0.15) is 0 Å². The average molecular weight is 337 g/mol. The molecule has 0 aromatic heterocycles. The second-order valence-corrected chi connectivity index (χ2v) is 6.62. The van der Waals surface area contributed by atoms with Crippen LogP contribution in [0.4, 0.5) is 0 Å². The molecule has 0 spiro atoms. The third kappa shape index (κ3) is 3.90. The maximum atomic E-state index is 12.7. The molecule has 1 N–H and O–H groups in total. The van der Waals surface area contributed by atoms with Crippen molar-refractivity contribution in [2.24, 2.45) is 0 Å². The lowest BCUT2D eigenvalue weighted by Gasteiger charge is -2.25. The molecule has 130 valence electrons. The normalized spacial score (nSPS) is 16.8. The molecule has 1 aliphatic heterocycles. The lowest BCUT2D eigenvalue weighted by molar-refractivity contribution is -0.132. The Hall–Kier alpha value is -2.62. The number of amides is 1. The van der Waals surface area contributed by atoms with Gasteiger partial charge in [0.1, 0.15) is 0 Å². The number of aryl methyl sites for hydroxylation is 2. The van der Waals surface area contributed by atoms with Crippen LogP contribution in [0.1, 0.15) is 52.4 Å². The topological polar surface area (TPSA) is 57.6 Å². The molecule has 1 amide bonds. The minimum Gasteiger partial charge on any atom is -0.478 e. The van der Waals surface area contributed by atoms with E-state index in [1.54, 1.807) is 18.2 Å². The standard InChI is InChI=1S/C21H23NO3/c1-15-8-10-17(11-9-15)19-7-4-14-22(19)20(23)13-12-16-5-2-3-6-18(16)21(24)25/h2-3,5-6,8-11,19H,4,7,12-14H2,1H3,(H,24,25). The highest BCUT2D eigenvalue weighted by atomic mass is 16.4. The SMILES string of the molecule is Cc1ccc(C2CCCN2C(=O)CCc2ccccc2C(=O)O)cc1. The van der Waals surface area contributed by atoms with E-state index in [-0.39, 0.29) is 17.5 Å². The molecule has 0 radical (unpaired) electrons. The van der Waals surface area contributed by atoms with E-state index < -0.39 is 5.97 Å². The zero-order chi connectivity index (χ0) is 17.8. The molecule has 1 atom stereocenters. The molecule has 1 unspecified atom stereocenters. The molecule has 2 aromatic rings. The van der Waals surface area contributed by atoms with E-state index in [0.717, 1.165) is 24.9 Å². The molecule has 1 saturated heterocycles. The van der Waals surface area contributed by atoms with E-state index in [1.807, 2.05) is 11.0 Å². The number of carboxylic acids is 1. The maximum Gasteiger partial charge on any atom is 0.335 e. The van der Waals surface area contributed by atoms with Crippen molar-refractivity contribution in [3.63, 3.8) is 0 Å². The summed E-state index contributed by atoms with van der Waals surface area (Å²) in [5.41, 5.74) is 3.40. The Bertz CT molecular complexity index is 767. The summed E-state index contributed by atoms with van der Waals surface area (Å²) in [5, 5.41) is 9.26. The number of carboxylic acid groups (broad SMARTS) is 1. The van der Waals surface area contributed by atoms with Gasteiger partial charge in [0, 0.05) is 13.0 Å². The number of nitrogens with zero attached hydrogens (tertiary/aromatic N) is 1. The van der Waals surface area contributed by atoms with E-state index >= 15 is 0 Å². The predicted molar refractivity (Wildman–Crippen MR) is 96.6 cm³/mol. The highest BCUT2D eigenvalue weighted by Crippen LogP contribution is 2.32. The second kappa shape index (κ2) is 7.51. The lowest BCUT2D eigenvalue weighted by atomic mass is 10.0. The summed E-state index contributed by atoms with van der Waals surface area (Å²) in [6.07, 6.45) is 2.79. The average Bonchev–Trinajstić information content (AvgIpc) is 3.10. The zero-order valence-electron chi connectivity index (χ0n) is 14.4. The number of benzene rings is 2. The molecule has 1 heterocycles. The summed E-state index contributed by atoms with van der Waals surface area (Å²) in [6.45, 7) is 2.83. The summed E-state index contributed by atoms with van der Waals surface area (Å²) in [7, 11) is 0. The van der Waals surface area contributed by atoms with Crippen LogP contribution in [0.15, 0.2) is 48.5 Å². The summed E-state index contributed by atoms with van der Waals surface area (Å²) >= 11 is 0. The predicted octanol–water partition coefficient (Wildman–Crippen LogP) is 3.99. The van der Waals surface area contributed by atoms with Gasteiger partial charge in [0.2, 0.25) is 5.91 Å². The van der Waals surface area contributed by atoms with Crippen LogP contribution in [0.5, 0.6) is 0 Å². The first kappa shape index (κ1) is 17.2. The lowest BCUT2D eigenvalue weighted by Crippen LogP contribution is -2.30. The molecule has 4 nitrogen and oxygen atoms in total. The number of carbonyl (C=O) groups excluding carboxylic acids is 1. The Morgan fingerprint density at radius 3 is 2.56 bits per heavy atom. The van der Waals surface area contributed by atoms with Crippen LogP contribution in [-0.4, -0.2) is 28.4 Å². The van der Waals surface area contributed by atoms with Crippen LogP contribution in [0.3, 0.4) is 0 Å². The molecular weight excluding hydrogens is 314 g/mol. The van der Waals surface area contributed by atoms with Crippen LogP contribution >= 0.6 is 0 Å². The summed E-state index contributed by atoms with van der Waals surface area (Å²) in [6, 6.07) is 15.4. The van der Waals surface area contributed by atoms with E-state index in [9.17, 15) is 14.7 Å². The van der Waals surface area contributed by atoms with E-state index in [1.165, 1.54) is 11.1 Å². The van der Waals surface area contributed by atoms with Crippen molar-refractivity contribution in [2.45, 2.75) is 38.6 Å². The number of likely N-dealkylation sites (tertiary alicyclic amines) is 1. The zero-order valence-corrected chi connectivity index (χ0v) is 14.4. The second-order valence-electron chi connectivity index (χ2n) is 6.62. The number of carbonyl (C=O) groups is 2. The molecule has 0 saturated carbocycles. The third-order valence-electron chi connectivity index (χ3n) is 4.89. The van der Waals surface area contributed by atoms with E-state index in [2.05, 4.69) is 31.2 Å². The van der Waals surface area contributed by atoms with Crippen molar-refractivity contribution in [3.8, 4) is 0 Å². The number of aromatic carboxylic acids is 1. The van der Waals surface area contributed by atoms with Crippen molar-refractivity contribution < 1.29 is 14.7 Å². The largest absolute Gasteiger partial charge is 0.478 e. The van der Waals surface area contributed by atoms with Gasteiger partial charge in [-0.25, -0.2) is 4.79 Å². The third-order valence-corrected chi connectivity index (χ3v) is 4.89. The molecule has 0 bridgehead atoms. The van der Waals surface area contributed by atoms with Crippen LogP contribution in [0.2, 0.25) is 0 Å². The van der Waals surface area contributed by atoms with Gasteiger partial charge in [-0.3, -0.25) is 4.79 Å². The Morgan fingerprint density at radius 1 is 1.12 bits per heavy atom. The van der Waals surface area contributed by atoms with Gasteiger partial charge in [0.05, 0.1) is 11.6 Å². The van der Waals surface area contributed by atoms with Gasteiger partial charge in [0.25, 0.3) is 0 Å². The molecular formula is C21H23NO3. The Balaban J connectivity index is 1.68. The van der Waals surface area contributed by atoms with Gasteiger partial charge < -0.3 is 10.0 Å². The fraction of sp³-hybridized carbons (Fsp3) is 0.333. The van der Waals surface area contributed by atoms with Crippen molar-refractivity contribution in [2.75, 3.05) is 6.54 Å². The minimum absolute atomic E-state index is 0.100. The molecule has 0 aliphatic carbocycles. The van der Waals surface area contributed by atoms with Crippen LogP contribution < -0.4 is 0 Å².